The van der Waals surface area contributed by atoms with Crippen LogP contribution in [0.25, 0.3) is 0 Å². The Kier molecular flexibility index (Phi) is 4.98. The second kappa shape index (κ2) is 6.73. The topological polar surface area (TPSA) is 49.3 Å². The van der Waals surface area contributed by atoms with E-state index in [9.17, 15) is 9.18 Å². The summed E-state index contributed by atoms with van der Waals surface area (Å²) in [4.78, 5) is 12.2. The summed E-state index contributed by atoms with van der Waals surface area (Å²) in [6.07, 6.45) is 4.24. The van der Waals surface area contributed by atoms with Gasteiger partial charge in [0.1, 0.15) is 5.82 Å². The average molecular weight is 289 g/mol. The molecule has 3 nitrogen and oxygen atoms in total. The van der Waals surface area contributed by atoms with Crippen LogP contribution >= 0.6 is 0 Å². The zero-order valence-electron chi connectivity index (χ0n) is 12.2. The number of aliphatic hydroxyl groups excluding tert-OH is 1. The first-order valence-electron chi connectivity index (χ1n) is 7.32. The van der Waals surface area contributed by atoms with Gasteiger partial charge in [0.05, 0.1) is 12.2 Å². The summed E-state index contributed by atoms with van der Waals surface area (Å²) < 4.78 is 14.0. The molecule has 1 aliphatic carbocycles. The number of amides is 1. The highest BCUT2D eigenvalue weighted by Gasteiger charge is 2.36. The Morgan fingerprint density at radius 1 is 1.48 bits per heavy atom. The smallest absolute Gasteiger partial charge is 0.254 e. The van der Waals surface area contributed by atoms with Crippen LogP contribution in [0.15, 0.2) is 18.2 Å². The third-order valence-electron chi connectivity index (χ3n) is 4.05. The Labute approximate surface area is 124 Å². The third-order valence-corrected chi connectivity index (χ3v) is 4.05. The molecular weight excluding hydrogens is 269 g/mol. The van der Waals surface area contributed by atoms with E-state index in [1.807, 2.05) is 6.92 Å². The predicted octanol–water partition coefficient (Wildman–Crippen LogP) is 2.62. The van der Waals surface area contributed by atoms with Crippen molar-refractivity contribution < 1.29 is 14.3 Å². The van der Waals surface area contributed by atoms with E-state index in [0.717, 1.165) is 25.7 Å². The number of rotatable bonds is 4. The van der Waals surface area contributed by atoms with Crippen LogP contribution in [0.2, 0.25) is 0 Å². The van der Waals surface area contributed by atoms with Gasteiger partial charge in [0.25, 0.3) is 5.91 Å². The summed E-state index contributed by atoms with van der Waals surface area (Å²) in [6.45, 7) is 2.02. The zero-order chi connectivity index (χ0) is 15.3. The largest absolute Gasteiger partial charge is 0.395 e. The van der Waals surface area contributed by atoms with Gasteiger partial charge in [0.2, 0.25) is 0 Å². The lowest BCUT2D eigenvalue weighted by molar-refractivity contribution is 0.0816. The molecule has 0 spiro atoms. The molecule has 0 aliphatic heterocycles. The second-order valence-electron chi connectivity index (χ2n) is 5.41. The SMILES string of the molecule is CCC1(NC(=O)c2ccc(C#CCCO)cc2F)CCC1. The maximum atomic E-state index is 14.0. The maximum Gasteiger partial charge on any atom is 0.254 e. The van der Waals surface area contributed by atoms with Crippen molar-refractivity contribution in [1.82, 2.24) is 5.32 Å². The number of nitrogens with one attached hydrogen (secondary N) is 1. The molecule has 112 valence electrons. The Bertz CT molecular complexity index is 577. The van der Waals surface area contributed by atoms with E-state index >= 15 is 0 Å². The first-order valence-corrected chi connectivity index (χ1v) is 7.32. The van der Waals surface area contributed by atoms with Crippen molar-refractivity contribution in [2.24, 2.45) is 0 Å². The molecule has 1 saturated carbocycles. The molecule has 1 aromatic carbocycles. The first-order chi connectivity index (χ1) is 10.1. The van der Waals surface area contributed by atoms with E-state index in [-0.39, 0.29) is 23.6 Å². The predicted molar refractivity (Wildman–Crippen MR) is 79.3 cm³/mol. The molecule has 0 heterocycles. The van der Waals surface area contributed by atoms with Crippen molar-refractivity contribution in [3.63, 3.8) is 0 Å². The van der Waals surface area contributed by atoms with Crippen molar-refractivity contribution in [2.75, 3.05) is 6.61 Å². The number of aliphatic hydroxyl groups is 1. The molecule has 0 saturated heterocycles. The van der Waals surface area contributed by atoms with Crippen LogP contribution in [-0.2, 0) is 0 Å². The highest BCUT2D eigenvalue weighted by molar-refractivity contribution is 5.95. The fourth-order valence-corrected chi connectivity index (χ4v) is 2.48. The molecule has 4 heteroatoms. The summed E-state index contributed by atoms with van der Waals surface area (Å²) in [5.74, 6) is 4.56. The minimum Gasteiger partial charge on any atom is -0.395 e. The van der Waals surface area contributed by atoms with Crippen LogP contribution in [0.5, 0.6) is 0 Å². The molecule has 21 heavy (non-hydrogen) atoms. The van der Waals surface area contributed by atoms with E-state index in [4.69, 9.17) is 5.11 Å². The van der Waals surface area contributed by atoms with Crippen molar-refractivity contribution in [3.05, 3.63) is 35.1 Å². The summed E-state index contributed by atoms with van der Waals surface area (Å²) in [7, 11) is 0. The van der Waals surface area contributed by atoms with Gasteiger partial charge in [0.15, 0.2) is 0 Å². The molecule has 1 aliphatic rings. The van der Waals surface area contributed by atoms with Gasteiger partial charge >= 0.3 is 0 Å². The van der Waals surface area contributed by atoms with Gasteiger partial charge in [-0.25, -0.2) is 4.39 Å². The Hall–Kier alpha value is -1.86. The Morgan fingerprint density at radius 3 is 2.76 bits per heavy atom. The Morgan fingerprint density at radius 2 is 2.24 bits per heavy atom. The molecule has 1 fully saturated rings. The summed E-state index contributed by atoms with van der Waals surface area (Å²) in [5.41, 5.74) is 0.414. The molecule has 2 rings (SSSR count). The Balaban J connectivity index is 2.10. The number of halogens is 1. The summed E-state index contributed by atoms with van der Waals surface area (Å²) in [5, 5.41) is 11.6. The van der Waals surface area contributed by atoms with E-state index in [1.165, 1.54) is 12.1 Å². The van der Waals surface area contributed by atoms with Crippen molar-refractivity contribution >= 4 is 5.91 Å². The van der Waals surface area contributed by atoms with E-state index in [2.05, 4.69) is 17.2 Å². The molecular formula is C17H20FNO2. The maximum absolute atomic E-state index is 14.0. The average Bonchev–Trinajstić information content (AvgIpc) is 2.43. The molecule has 2 N–H and O–H groups in total. The van der Waals surface area contributed by atoms with Crippen molar-refractivity contribution in [1.29, 1.82) is 0 Å². The van der Waals surface area contributed by atoms with Gasteiger partial charge in [-0.15, -0.1) is 0 Å². The summed E-state index contributed by atoms with van der Waals surface area (Å²) >= 11 is 0. The van der Waals surface area contributed by atoms with Gasteiger partial charge < -0.3 is 10.4 Å². The molecule has 0 atom stereocenters. The van der Waals surface area contributed by atoms with E-state index in [1.54, 1.807) is 6.07 Å². The number of benzene rings is 1. The van der Waals surface area contributed by atoms with Crippen molar-refractivity contribution in [2.45, 2.75) is 44.6 Å². The number of carbonyl (C=O) groups is 1. The van der Waals surface area contributed by atoms with Crippen LogP contribution in [0, 0.1) is 17.7 Å². The third kappa shape index (κ3) is 3.62. The van der Waals surface area contributed by atoms with Crippen LogP contribution < -0.4 is 5.32 Å². The first kappa shape index (κ1) is 15.5. The van der Waals surface area contributed by atoms with Crippen molar-refractivity contribution in [3.8, 4) is 11.8 Å². The molecule has 0 unspecified atom stereocenters. The highest BCUT2D eigenvalue weighted by atomic mass is 19.1. The van der Waals surface area contributed by atoms with Gasteiger partial charge in [-0.3, -0.25) is 4.79 Å². The zero-order valence-corrected chi connectivity index (χ0v) is 12.2. The molecule has 0 bridgehead atoms. The van der Waals surface area contributed by atoms with E-state index < -0.39 is 5.82 Å². The number of hydrogen-bond acceptors (Lipinski definition) is 2. The minimum atomic E-state index is -0.561. The fraction of sp³-hybridized carbons (Fsp3) is 0.471. The molecule has 0 aromatic heterocycles. The van der Waals surface area contributed by atoms with Gasteiger partial charge in [-0.2, -0.15) is 0 Å². The quantitative estimate of drug-likeness (QED) is 0.837. The lowest BCUT2D eigenvalue weighted by Crippen LogP contribution is -2.53. The lowest BCUT2D eigenvalue weighted by Gasteiger charge is -2.42. The number of hydrogen-bond donors (Lipinski definition) is 2. The highest BCUT2D eigenvalue weighted by Crippen LogP contribution is 2.34. The molecule has 1 aromatic rings. The normalized spacial score (nSPS) is 15.6. The van der Waals surface area contributed by atoms with Crippen LogP contribution in [0.1, 0.15) is 54.9 Å². The van der Waals surface area contributed by atoms with Crippen LogP contribution in [0.3, 0.4) is 0 Å². The second-order valence-corrected chi connectivity index (χ2v) is 5.41. The standard InChI is InChI=1S/C17H20FNO2/c1-2-17(9-5-10-17)19-16(21)14-8-7-13(12-15(14)18)6-3-4-11-20/h7-8,12,20H,2,4-5,9-11H2,1H3,(H,19,21). The van der Waals surface area contributed by atoms with Gasteiger partial charge in [-0.05, 0) is 43.9 Å². The lowest BCUT2D eigenvalue weighted by atomic mass is 9.74. The summed E-state index contributed by atoms with van der Waals surface area (Å²) in [6, 6.07) is 4.36. The van der Waals surface area contributed by atoms with Gasteiger partial charge in [-0.1, -0.05) is 18.8 Å². The van der Waals surface area contributed by atoms with Crippen LogP contribution in [0.4, 0.5) is 4.39 Å². The minimum absolute atomic E-state index is 0.0188. The molecule has 0 radical (unpaired) electrons. The van der Waals surface area contributed by atoms with Gasteiger partial charge in [0, 0.05) is 17.5 Å². The monoisotopic (exact) mass is 289 g/mol. The number of carbonyl (C=O) groups excluding carboxylic acids is 1. The van der Waals surface area contributed by atoms with Crippen LogP contribution in [-0.4, -0.2) is 23.2 Å². The van der Waals surface area contributed by atoms with E-state index in [0.29, 0.717) is 12.0 Å². The molecule has 1 amide bonds. The fourth-order valence-electron chi connectivity index (χ4n) is 2.48.